The van der Waals surface area contributed by atoms with E-state index in [1.165, 1.54) is 32.6 Å². The molecule has 2 aromatic rings. The molecule has 38 heavy (non-hydrogen) atoms. The van der Waals surface area contributed by atoms with Crippen LogP contribution in [0.1, 0.15) is 18.4 Å². The minimum absolute atomic E-state index is 0.0680. The number of methoxy groups -OCH3 is 2. The molecule has 0 unspecified atom stereocenters. The SMILES string of the molecule is COc1ccc(N(CC(=O)N/N=C\c2ccc(OCC(=O)NC[C@H]3CCCO3)cc2)S(C)(=O)=O)cc1OC. The zero-order valence-electron chi connectivity index (χ0n) is 21.5. The maximum Gasteiger partial charge on any atom is 0.260 e. The van der Waals surface area contributed by atoms with Gasteiger partial charge in [0.05, 0.1) is 38.5 Å². The fourth-order valence-electron chi connectivity index (χ4n) is 3.61. The number of nitrogens with one attached hydrogen (secondary N) is 2. The van der Waals surface area contributed by atoms with E-state index in [1.807, 2.05) is 0 Å². The van der Waals surface area contributed by atoms with E-state index in [2.05, 4.69) is 15.8 Å². The molecular formula is C25H32N4O8S. The summed E-state index contributed by atoms with van der Waals surface area (Å²) in [4.78, 5) is 24.4. The highest BCUT2D eigenvalue weighted by molar-refractivity contribution is 7.92. The normalized spacial score (nSPS) is 15.2. The van der Waals surface area contributed by atoms with Crippen molar-refractivity contribution in [1.82, 2.24) is 10.7 Å². The van der Waals surface area contributed by atoms with Crippen LogP contribution < -0.4 is 29.3 Å². The first-order chi connectivity index (χ1) is 18.2. The molecule has 1 fully saturated rings. The van der Waals surface area contributed by atoms with E-state index in [9.17, 15) is 18.0 Å². The highest BCUT2D eigenvalue weighted by Gasteiger charge is 2.22. The van der Waals surface area contributed by atoms with Gasteiger partial charge in [-0.05, 0) is 54.8 Å². The lowest BCUT2D eigenvalue weighted by molar-refractivity contribution is -0.123. The number of hydrazone groups is 1. The third kappa shape index (κ3) is 8.63. The summed E-state index contributed by atoms with van der Waals surface area (Å²) in [7, 11) is -0.893. The van der Waals surface area contributed by atoms with E-state index in [-0.39, 0.29) is 24.3 Å². The number of benzene rings is 2. The Bertz CT molecular complexity index is 1230. The van der Waals surface area contributed by atoms with Crippen LogP contribution in [-0.2, 0) is 24.3 Å². The third-order valence-electron chi connectivity index (χ3n) is 5.55. The van der Waals surface area contributed by atoms with Gasteiger partial charge in [-0.15, -0.1) is 0 Å². The number of anilines is 1. The van der Waals surface area contributed by atoms with Gasteiger partial charge in [-0.3, -0.25) is 13.9 Å². The number of ether oxygens (including phenoxy) is 4. The molecule has 13 heteroatoms. The molecule has 1 aliphatic heterocycles. The van der Waals surface area contributed by atoms with Gasteiger partial charge in [0.15, 0.2) is 18.1 Å². The first-order valence-corrected chi connectivity index (χ1v) is 13.7. The molecule has 12 nitrogen and oxygen atoms in total. The average molecular weight is 549 g/mol. The van der Waals surface area contributed by atoms with Gasteiger partial charge in [0, 0.05) is 19.2 Å². The molecule has 0 aliphatic carbocycles. The second-order valence-electron chi connectivity index (χ2n) is 8.40. The molecule has 0 saturated carbocycles. The molecular weight excluding hydrogens is 516 g/mol. The number of nitrogens with zero attached hydrogens (tertiary/aromatic N) is 2. The first kappa shape index (κ1) is 28.7. The maximum atomic E-state index is 12.4. The Labute approximate surface area is 221 Å². The van der Waals surface area contributed by atoms with Crippen LogP contribution in [0.25, 0.3) is 0 Å². The topological polar surface area (TPSA) is 145 Å². The zero-order valence-corrected chi connectivity index (χ0v) is 22.3. The fraction of sp³-hybridized carbons (Fsp3) is 0.400. The van der Waals surface area contributed by atoms with Gasteiger partial charge in [-0.2, -0.15) is 5.10 Å². The summed E-state index contributed by atoms with van der Waals surface area (Å²) in [6.07, 6.45) is 4.42. The molecule has 0 bridgehead atoms. The van der Waals surface area contributed by atoms with Crippen LogP contribution in [0.2, 0.25) is 0 Å². The Balaban J connectivity index is 1.49. The lowest BCUT2D eigenvalue weighted by atomic mass is 10.2. The van der Waals surface area contributed by atoms with Gasteiger partial charge in [0.1, 0.15) is 12.3 Å². The Morgan fingerprint density at radius 3 is 2.47 bits per heavy atom. The first-order valence-electron chi connectivity index (χ1n) is 11.8. The Morgan fingerprint density at radius 2 is 1.84 bits per heavy atom. The summed E-state index contributed by atoms with van der Waals surface area (Å²) in [6, 6.07) is 11.2. The van der Waals surface area contributed by atoms with Crippen LogP contribution in [0.3, 0.4) is 0 Å². The van der Waals surface area contributed by atoms with Gasteiger partial charge in [-0.25, -0.2) is 13.8 Å². The fourth-order valence-corrected chi connectivity index (χ4v) is 4.46. The van der Waals surface area contributed by atoms with Gasteiger partial charge < -0.3 is 24.3 Å². The highest BCUT2D eigenvalue weighted by Crippen LogP contribution is 2.32. The largest absolute Gasteiger partial charge is 0.493 e. The predicted molar refractivity (Wildman–Crippen MR) is 141 cm³/mol. The van der Waals surface area contributed by atoms with Crippen molar-refractivity contribution in [3.8, 4) is 17.2 Å². The van der Waals surface area contributed by atoms with Crippen LogP contribution in [0.15, 0.2) is 47.6 Å². The summed E-state index contributed by atoms with van der Waals surface area (Å²) < 4.78 is 46.9. The molecule has 2 amide bonds. The summed E-state index contributed by atoms with van der Waals surface area (Å²) >= 11 is 0. The smallest absolute Gasteiger partial charge is 0.260 e. The molecule has 1 aliphatic rings. The third-order valence-corrected chi connectivity index (χ3v) is 6.69. The Morgan fingerprint density at radius 1 is 1.11 bits per heavy atom. The van der Waals surface area contributed by atoms with Crippen molar-refractivity contribution < 1.29 is 37.0 Å². The number of hydrogen-bond acceptors (Lipinski definition) is 9. The van der Waals surface area contributed by atoms with Crippen LogP contribution in [0.5, 0.6) is 17.2 Å². The van der Waals surface area contributed by atoms with E-state index < -0.39 is 22.5 Å². The van der Waals surface area contributed by atoms with Crippen molar-refractivity contribution in [2.75, 3.05) is 51.1 Å². The Hall–Kier alpha value is -3.84. The minimum atomic E-state index is -3.78. The van der Waals surface area contributed by atoms with Crippen molar-refractivity contribution in [1.29, 1.82) is 0 Å². The van der Waals surface area contributed by atoms with Crippen LogP contribution >= 0.6 is 0 Å². The molecule has 3 rings (SSSR count). The van der Waals surface area contributed by atoms with Crippen LogP contribution in [-0.4, -0.2) is 79.3 Å². The van der Waals surface area contributed by atoms with E-state index >= 15 is 0 Å². The highest BCUT2D eigenvalue weighted by atomic mass is 32.2. The number of carbonyl (C=O) groups is 2. The quantitative estimate of drug-likeness (QED) is 0.281. The van der Waals surface area contributed by atoms with Gasteiger partial charge in [0.2, 0.25) is 10.0 Å². The van der Waals surface area contributed by atoms with Crippen molar-refractivity contribution in [3.63, 3.8) is 0 Å². The summed E-state index contributed by atoms with van der Waals surface area (Å²) in [5, 5.41) is 6.68. The van der Waals surface area contributed by atoms with Crippen molar-refractivity contribution in [3.05, 3.63) is 48.0 Å². The Kier molecular flexibility index (Phi) is 10.3. The van der Waals surface area contributed by atoms with Gasteiger partial charge in [-0.1, -0.05) is 0 Å². The number of rotatable bonds is 13. The van der Waals surface area contributed by atoms with Crippen LogP contribution in [0.4, 0.5) is 5.69 Å². The summed E-state index contributed by atoms with van der Waals surface area (Å²) in [5.41, 5.74) is 3.21. The summed E-state index contributed by atoms with van der Waals surface area (Å²) in [6.45, 7) is 0.592. The second-order valence-corrected chi connectivity index (χ2v) is 10.3. The van der Waals surface area contributed by atoms with Crippen molar-refractivity contribution in [2.24, 2.45) is 5.10 Å². The number of hydrogen-bond donors (Lipinski definition) is 2. The van der Waals surface area contributed by atoms with Crippen molar-refractivity contribution in [2.45, 2.75) is 18.9 Å². The molecule has 0 spiro atoms. The maximum absolute atomic E-state index is 12.4. The van der Waals surface area contributed by atoms with Gasteiger partial charge >= 0.3 is 0 Å². The number of sulfonamides is 1. The average Bonchev–Trinajstić information content (AvgIpc) is 3.43. The monoisotopic (exact) mass is 548 g/mol. The molecule has 2 N–H and O–H groups in total. The molecule has 206 valence electrons. The number of carbonyl (C=O) groups excluding carboxylic acids is 2. The molecule has 1 saturated heterocycles. The lowest BCUT2D eigenvalue weighted by Crippen LogP contribution is -2.39. The molecule has 1 heterocycles. The molecule has 0 aromatic heterocycles. The van der Waals surface area contributed by atoms with E-state index in [1.54, 1.807) is 30.3 Å². The number of amides is 2. The van der Waals surface area contributed by atoms with E-state index in [4.69, 9.17) is 18.9 Å². The molecule has 0 radical (unpaired) electrons. The van der Waals surface area contributed by atoms with Gasteiger partial charge in [0.25, 0.3) is 11.8 Å². The van der Waals surface area contributed by atoms with E-state index in [0.717, 1.165) is 30.0 Å². The second kappa shape index (κ2) is 13.6. The standard InChI is InChI=1S/C25H32N4O8S/c1-34-22-11-8-19(13-23(22)35-2)29(38(3,32)33)16-24(30)28-27-14-18-6-9-20(10-7-18)37-17-25(31)26-15-21-5-4-12-36-21/h6-11,13-14,21H,4-5,12,15-17H2,1-3H3,(H,26,31)(H,28,30)/b27-14-/t21-/m1/s1. The zero-order chi connectivity index (χ0) is 27.5. The molecule has 1 atom stereocenters. The molecule has 2 aromatic carbocycles. The van der Waals surface area contributed by atoms with Crippen molar-refractivity contribution >= 4 is 33.7 Å². The minimum Gasteiger partial charge on any atom is -0.493 e. The predicted octanol–water partition coefficient (Wildman–Crippen LogP) is 1.29. The van der Waals surface area contributed by atoms with Crippen LogP contribution in [0, 0.1) is 0 Å². The van der Waals surface area contributed by atoms with E-state index in [0.29, 0.717) is 29.4 Å². The summed E-state index contributed by atoms with van der Waals surface area (Å²) in [5.74, 6) is 0.370. The lowest BCUT2D eigenvalue weighted by Gasteiger charge is -2.22.